The maximum atomic E-state index is 6.08. The molecule has 0 spiro atoms. The normalized spacial score (nSPS) is 14.9. The first-order chi connectivity index (χ1) is 8.62. The van der Waals surface area contributed by atoms with E-state index in [4.69, 9.17) is 9.57 Å². The number of ether oxygens (including phenoxy) is 1. The smallest absolute Gasteiger partial charge is 0.228 e. The highest BCUT2D eigenvalue weighted by atomic mass is 35.5. The van der Waals surface area contributed by atoms with Gasteiger partial charge in [0.25, 0.3) is 0 Å². The van der Waals surface area contributed by atoms with Gasteiger partial charge in [0.1, 0.15) is 13.6 Å². The van der Waals surface area contributed by atoms with E-state index in [9.17, 15) is 0 Å². The van der Waals surface area contributed by atoms with E-state index in [-0.39, 0.29) is 18.6 Å². The fourth-order valence-electron chi connectivity index (χ4n) is 1.77. The summed E-state index contributed by atoms with van der Waals surface area (Å²) in [5.41, 5.74) is 0. The van der Waals surface area contributed by atoms with E-state index in [0.29, 0.717) is 11.3 Å². The zero-order valence-corrected chi connectivity index (χ0v) is 12.8. The lowest BCUT2D eigenvalue weighted by atomic mass is 10.3. The quantitative estimate of drug-likeness (QED) is 0.298. The first kappa shape index (κ1) is 18.0. The molecular formula is C15H24ClNO2. The maximum Gasteiger partial charge on any atom is 0.228 e. The molecule has 0 N–H and O–H groups in total. The molecule has 3 nitrogen and oxygen atoms in total. The van der Waals surface area contributed by atoms with Crippen molar-refractivity contribution in [3.05, 3.63) is 43.0 Å². The predicted molar refractivity (Wildman–Crippen MR) is 74.0 cm³/mol. The van der Waals surface area contributed by atoms with Crippen LogP contribution < -0.4 is 17.2 Å². The summed E-state index contributed by atoms with van der Waals surface area (Å²) in [6.07, 6.45) is 2.78. The van der Waals surface area contributed by atoms with Crippen molar-refractivity contribution in [2.45, 2.75) is 26.5 Å². The van der Waals surface area contributed by atoms with Crippen molar-refractivity contribution in [1.29, 1.82) is 0 Å². The van der Waals surface area contributed by atoms with Crippen LogP contribution >= 0.6 is 0 Å². The number of hydrogen-bond donors (Lipinski definition) is 0. The topological polar surface area (TPSA) is 18.5 Å². The minimum absolute atomic E-state index is 0. The molecule has 1 aromatic carbocycles. The molecular weight excluding hydrogens is 262 g/mol. The number of para-hydroxylation sites is 1. The Morgan fingerprint density at radius 1 is 1.32 bits per heavy atom. The van der Waals surface area contributed by atoms with Crippen LogP contribution in [0.3, 0.4) is 0 Å². The van der Waals surface area contributed by atoms with Crippen molar-refractivity contribution >= 4 is 0 Å². The number of hydrogen-bond acceptors (Lipinski definition) is 2. The molecule has 2 atom stereocenters. The van der Waals surface area contributed by atoms with Crippen LogP contribution in [0.4, 0.5) is 0 Å². The lowest BCUT2D eigenvalue weighted by Gasteiger charge is -2.36. The predicted octanol–water partition coefficient (Wildman–Crippen LogP) is 0.390. The summed E-state index contributed by atoms with van der Waals surface area (Å²) in [7, 11) is 2.04. The van der Waals surface area contributed by atoms with Crippen LogP contribution in [0.2, 0.25) is 0 Å². The zero-order chi connectivity index (χ0) is 13.4. The first-order valence-corrected chi connectivity index (χ1v) is 6.44. The first-order valence-electron chi connectivity index (χ1n) is 6.44. The Morgan fingerprint density at radius 2 is 1.95 bits per heavy atom. The minimum Gasteiger partial charge on any atom is -1.00 e. The van der Waals surface area contributed by atoms with Crippen molar-refractivity contribution in [3.63, 3.8) is 0 Å². The van der Waals surface area contributed by atoms with E-state index in [0.717, 1.165) is 18.7 Å². The molecule has 0 amide bonds. The summed E-state index contributed by atoms with van der Waals surface area (Å²) in [6, 6.07) is 9.84. The Hall–Kier alpha value is -1.03. The van der Waals surface area contributed by atoms with Crippen LogP contribution in [-0.4, -0.2) is 31.1 Å². The molecule has 0 radical (unpaired) electrons. The van der Waals surface area contributed by atoms with Crippen molar-refractivity contribution in [1.82, 2.24) is 0 Å². The average molecular weight is 286 g/mol. The fraction of sp³-hybridized carbons (Fsp3) is 0.467. The van der Waals surface area contributed by atoms with E-state index in [2.05, 4.69) is 6.58 Å². The SMILES string of the molecule is C=CCC[N+](C)(Oc1ccccc1)C(C)OCC.[Cl-]. The zero-order valence-electron chi connectivity index (χ0n) is 12.0. The largest absolute Gasteiger partial charge is 1.00 e. The Kier molecular flexibility index (Phi) is 8.48. The van der Waals surface area contributed by atoms with Crippen molar-refractivity contribution in [3.8, 4) is 5.75 Å². The summed E-state index contributed by atoms with van der Waals surface area (Å²) in [5, 5.41) is 0. The van der Waals surface area contributed by atoms with E-state index < -0.39 is 0 Å². The van der Waals surface area contributed by atoms with E-state index in [1.165, 1.54) is 0 Å². The number of halogens is 1. The Morgan fingerprint density at radius 3 is 2.47 bits per heavy atom. The Labute approximate surface area is 122 Å². The molecule has 0 fully saturated rings. The number of nitrogens with zero attached hydrogens (tertiary/aromatic N) is 1. The molecule has 0 aromatic heterocycles. The molecule has 0 aliphatic carbocycles. The molecule has 0 aliphatic rings. The van der Waals surface area contributed by atoms with Gasteiger partial charge in [0, 0.05) is 13.3 Å². The molecule has 0 saturated carbocycles. The average Bonchev–Trinajstić information content (AvgIpc) is 2.38. The second-order valence-electron chi connectivity index (χ2n) is 4.43. The number of quaternary nitrogens is 1. The van der Waals surface area contributed by atoms with Gasteiger partial charge < -0.3 is 22.0 Å². The lowest BCUT2D eigenvalue weighted by Crippen LogP contribution is -3.00. The van der Waals surface area contributed by atoms with Crippen LogP contribution in [0.1, 0.15) is 20.3 Å². The molecule has 2 unspecified atom stereocenters. The molecule has 0 aliphatic heterocycles. The standard InChI is InChI=1S/C15H24NO2.ClH/c1-5-7-13-16(4,14(3)17-6-2)18-15-11-9-8-10-12-15;/h5,8-12,14H,1,6-7,13H2,2-4H3;1H/q+1;/p-1. The van der Waals surface area contributed by atoms with E-state index in [1.54, 1.807) is 0 Å². The van der Waals surface area contributed by atoms with Gasteiger partial charge >= 0.3 is 0 Å². The van der Waals surface area contributed by atoms with E-state index in [1.807, 2.05) is 57.3 Å². The Bertz CT molecular complexity index is 358. The molecule has 19 heavy (non-hydrogen) atoms. The molecule has 1 rings (SSSR count). The molecule has 4 heteroatoms. The van der Waals surface area contributed by atoms with Crippen LogP contribution in [0.15, 0.2) is 43.0 Å². The molecule has 0 saturated heterocycles. The highest BCUT2D eigenvalue weighted by molar-refractivity contribution is 5.20. The van der Waals surface area contributed by atoms with Crippen molar-refractivity contribution in [2.75, 3.05) is 20.2 Å². The molecule has 0 heterocycles. The highest BCUT2D eigenvalue weighted by Gasteiger charge is 2.32. The van der Waals surface area contributed by atoms with Crippen LogP contribution in [0.5, 0.6) is 5.75 Å². The third-order valence-electron chi connectivity index (χ3n) is 3.01. The molecule has 0 bridgehead atoms. The van der Waals surface area contributed by atoms with Gasteiger partial charge in [0.2, 0.25) is 6.23 Å². The Balaban J connectivity index is 0.00000324. The monoisotopic (exact) mass is 285 g/mol. The third-order valence-corrected chi connectivity index (χ3v) is 3.01. The number of hydroxylamine groups is 3. The lowest BCUT2D eigenvalue weighted by molar-refractivity contribution is -1.10. The van der Waals surface area contributed by atoms with Gasteiger partial charge in [0.15, 0.2) is 5.75 Å². The van der Waals surface area contributed by atoms with Crippen LogP contribution in [-0.2, 0) is 4.74 Å². The summed E-state index contributed by atoms with van der Waals surface area (Å²) in [5.74, 6) is 0.857. The van der Waals surface area contributed by atoms with Gasteiger partial charge in [0.05, 0.1) is 6.61 Å². The fourth-order valence-corrected chi connectivity index (χ4v) is 1.77. The van der Waals surface area contributed by atoms with E-state index >= 15 is 0 Å². The van der Waals surface area contributed by atoms with Crippen molar-refractivity contribution in [2.24, 2.45) is 0 Å². The van der Waals surface area contributed by atoms with Gasteiger partial charge in [-0.25, -0.2) is 0 Å². The summed E-state index contributed by atoms with van der Waals surface area (Å²) in [6.45, 7) is 9.32. The van der Waals surface area contributed by atoms with Crippen molar-refractivity contribution < 1.29 is 26.6 Å². The summed E-state index contributed by atoms with van der Waals surface area (Å²) in [4.78, 5) is 6.08. The van der Waals surface area contributed by atoms with Gasteiger partial charge in [-0.05, 0) is 19.1 Å². The minimum atomic E-state index is -0.0184. The van der Waals surface area contributed by atoms with Crippen LogP contribution in [0.25, 0.3) is 0 Å². The van der Waals surface area contributed by atoms with Gasteiger partial charge in [-0.1, -0.05) is 24.3 Å². The second-order valence-corrected chi connectivity index (χ2v) is 4.43. The highest BCUT2D eigenvalue weighted by Crippen LogP contribution is 2.19. The van der Waals surface area contributed by atoms with Gasteiger partial charge in [-0.3, -0.25) is 0 Å². The second kappa shape index (κ2) is 8.97. The summed E-state index contributed by atoms with van der Waals surface area (Å²) >= 11 is 0. The van der Waals surface area contributed by atoms with Gasteiger partial charge in [-0.2, -0.15) is 0 Å². The van der Waals surface area contributed by atoms with Crippen LogP contribution in [0, 0.1) is 0 Å². The molecule has 108 valence electrons. The van der Waals surface area contributed by atoms with Gasteiger partial charge in [-0.15, -0.1) is 11.2 Å². The number of benzene rings is 1. The maximum absolute atomic E-state index is 6.08. The third kappa shape index (κ3) is 5.64. The molecule has 1 aromatic rings. The number of rotatable bonds is 8. The summed E-state index contributed by atoms with van der Waals surface area (Å²) < 4.78 is 6.08.